The summed E-state index contributed by atoms with van der Waals surface area (Å²) in [6.07, 6.45) is 1.26. The Morgan fingerprint density at radius 3 is 2.43 bits per heavy atom. The predicted molar refractivity (Wildman–Crippen MR) is 155 cm³/mol. The molecule has 47 heavy (non-hydrogen) atoms. The minimum Gasteiger partial charge on any atom is -0.442 e. The molecule has 0 bridgehead atoms. The summed E-state index contributed by atoms with van der Waals surface area (Å²) in [5.41, 5.74) is -0.242. The van der Waals surface area contributed by atoms with Gasteiger partial charge in [0.25, 0.3) is 11.8 Å². The number of hydrogen-bond donors (Lipinski definition) is 1. The first-order chi connectivity index (χ1) is 22.4. The molecule has 0 spiro atoms. The van der Waals surface area contributed by atoms with E-state index in [1.165, 1.54) is 26.9 Å². The average molecular weight is 658 g/mol. The molecule has 3 saturated heterocycles. The van der Waals surface area contributed by atoms with Crippen molar-refractivity contribution in [3.63, 3.8) is 0 Å². The van der Waals surface area contributed by atoms with Crippen molar-refractivity contribution in [2.75, 3.05) is 42.5 Å². The van der Waals surface area contributed by atoms with Crippen LogP contribution in [0.3, 0.4) is 0 Å². The van der Waals surface area contributed by atoms with E-state index in [4.69, 9.17) is 9.15 Å². The van der Waals surface area contributed by atoms with Crippen LogP contribution in [0.15, 0.2) is 35.0 Å². The molecule has 4 amide bonds. The summed E-state index contributed by atoms with van der Waals surface area (Å²) in [4.78, 5) is 64.9. The number of aromatic nitrogens is 3. The lowest BCUT2D eigenvalue weighted by molar-refractivity contribution is -0.403. The molecule has 5 heterocycles. The van der Waals surface area contributed by atoms with Crippen molar-refractivity contribution in [1.82, 2.24) is 30.3 Å². The lowest BCUT2D eigenvalue weighted by Gasteiger charge is -2.39. The molecule has 3 aliphatic heterocycles. The number of fused-ring (bicyclic) bond motifs is 1. The third-order valence-corrected chi connectivity index (χ3v) is 8.10. The number of halogens is 2. The molecule has 17 nitrogen and oxygen atoms in total. The Kier molecular flexibility index (Phi) is 8.20. The van der Waals surface area contributed by atoms with E-state index in [0.717, 1.165) is 22.0 Å². The number of anilines is 2. The van der Waals surface area contributed by atoms with Crippen LogP contribution in [0.4, 0.5) is 30.8 Å². The number of ether oxygens (including phenoxy) is 1. The second-order valence-electron chi connectivity index (χ2n) is 11.5. The number of carbonyl (C=O) groups excluding carboxylic acids is 4. The summed E-state index contributed by atoms with van der Waals surface area (Å²) in [6, 6.07) is 1.95. The van der Waals surface area contributed by atoms with Gasteiger partial charge in [-0.2, -0.15) is 0 Å². The number of cyclic esters (lactones) is 1. The lowest BCUT2D eigenvalue weighted by atomic mass is 10.1. The first-order valence-corrected chi connectivity index (χ1v) is 14.7. The SMILES string of the molecule is CC(C)c1cc(C(=O)N[C@H]2CC(=O)N3CCN(c4c(F)cc(N5C[C@H](Cn6ccnn6)OC5=O)cc4F)CCN3C2=O)oc1[N+](=O)[O-]. The molecule has 0 unspecified atom stereocenters. The normalized spacial score (nSPS) is 20.1. The van der Waals surface area contributed by atoms with Gasteiger partial charge in [-0.3, -0.25) is 29.4 Å². The number of rotatable bonds is 8. The zero-order valence-electron chi connectivity index (χ0n) is 25.2. The third kappa shape index (κ3) is 6.02. The van der Waals surface area contributed by atoms with Crippen LogP contribution in [0.5, 0.6) is 0 Å². The summed E-state index contributed by atoms with van der Waals surface area (Å²) in [5, 5.41) is 23.6. The van der Waals surface area contributed by atoms with Crippen molar-refractivity contribution in [1.29, 1.82) is 0 Å². The molecular formula is C28H29F2N9O8. The van der Waals surface area contributed by atoms with Gasteiger partial charge in [-0.15, -0.1) is 5.10 Å². The highest BCUT2D eigenvalue weighted by Gasteiger charge is 2.42. The first kappa shape index (κ1) is 31.4. The molecule has 248 valence electrons. The summed E-state index contributed by atoms with van der Waals surface area (Å²) in [6.45, 7) is 3.28. The lowest BCUT2D eigenvalue weighted by Crippen LogP contribution is -2.62. The van der Waals surface area contributed by atoms with Gasteiger partial charge in [0.05, 0.1) is 50.0 Å². The summed E-state index contributed by atoms with van der Waals surface area (Å²) in [5.74, 6) is -5.28. The molecule has 6 rings (SSSR count). The van der Waals surface area contributed by atoms with Gasteiger partial charge in [-0.05, 0) is 5.92 Å². The van der Waals surface area contributed by atoms with Gasteiger partial charge < -0.3 is 19.4 Å². The molecule has 3 aromatic rings. The minimum atomic E-state index is -1.30. The standard InChI is InChI=1S/C28H29F2N9O8/c1-15(2)18-11-22(47-27(18)39(44)45)25(41)32-21-12-23(40)37-7-5-34(6-8-38(37)26(21)42)24-19(29)9-16(10-20(24)30)36-14-17(46-28(36)43)13-35-4-3-31-33-35/h3-4,9-11,15,17,21H,5-8,12-14H2,1-2H3,(H,32,41)/t17-,21-/m0/s1. The van der Waals surface area contributed by atoms with Crippen molar-refractivity contribution >= 4 is 41.1 Å². The maximum absolute atomic E-state index is 15.5. The number of benzene rings is 1. The van der Waals surface area contributed by atoms with Gasteiger partial charge >= 0.3 is 12.0 Å². The zero-order valence-corrected chi connectivity index (χ0v) is 25.2. The van der Waals surface area contributed by atoms with E-state index in [0.29, 0.717) is 0 Å². The van der Waals surface area contributed by atoms with Crippen molar-refractivity contribution in [2.45, 2.75) is 44.9 Å². The Labute approximate surface area is 264 Å². The number of nitrogens with zero attached hydrogens (tertiary/aromatic N) is 8. The Morgan fingerprint density at radius 1 is 1.11 bits per heavy atom. The number of furan rings is 1. The molecular weight excluding hydrogens is 628 g/mol. The fourth-order valence-corrected chi connectivity index (χ4v) is 5.83. The molecule has 2 aromatic heterocycles. The van der Waals surface area contributed by atoms with Crippen LogP contribution in [-0.4, -0.2) is 98.6 Å². The maximum Gasteiger partial charge on any atom is 0.437 e. The topological polar surface area (TPSA) is 189 Å². The van der Waals surface area contributed by atoms with Crippen molar-refractivity contribution in [3.8, 4) is 0 Å². The molecule has 3 aliphatic rings. The molecule has 0 aliphatic carbocycles. The van der Waals surface area contributed by atoms with Crippen molar-refractivity contribution in [3.05, 3.63) is 63.7 Å². The highest BCUT2D eigenvalue weighted by molar-refractivity contribution is 5.99. The van der Waals surface area contributed by atoms with Crippen LogP contribution in [0.2, 0.25) is 0 Å². The number of nitrogens with one attached hydrogen (secondary N) is 1. The minimum absolute atomic E-state index is 0.0283. The zero-order chi connectivity index (χ0) is 33.6. The van der Waals surface area contributed by atoms with E-state index in [1.54, 1.807) is 20.0 Å². The van der Waals surface area contributed by atoms with Gasteiger partial charge in [-0.1, -0.05) is 19.1 Å². The smallest absolute Gasteiger partial charge is 0.437 e. The highest BCUT2D eigenvalue weighted by atomic mass is 19.1. The number of amides is 4. The van der Waals surface area contributed by atoms with Crippen LogP contribution in [0.25, 0.3) is 0 Å². The molecule has 2 atom stereocenters. The number of hydrogen-bond acceptors (Lipinski definition) is 11. The second-order valence-corrected chi connectivity index (χ2v) is 11.5. The van der Waals surface area contributed by atoms with E-state index in [9.17, 15) is 29.3 Å². The molecule has 19 heteroatoms. The highest BCUT2D eigenvalue weighted by Crippen LogP contribution is 2.33. The molecule has 1 aromatic carbocycles. The van der Waals surface area contributed by atoms with Crippen LogP contribution in [0, 0.1) is 21.7 Å². The van der Waals surface area contributed by atoms with E-state index in [1.807, 2.05) is 0 Å². The summed E-state index contributed by atoms with van der Waals surface area (Å²) in [7, 11) is 0. The number of hydrazine groups is 1. The molecule has 3 fully saturated rings. The van der Waals surface area contributed by atoms with E-state index in [2.05, 4.69) is 15.6 Å². The maximum atomic E-state index is 15.5. The second kappa shape index (κ2) is 12.3. The Bertz CT molecular complexity index is 1720. The predicted octanol–water partition coefficient (Wildman–Crippen LogP) is 1.80. The summed E-state index contributed by atoms with van der Waals surface area (Å²) < 4.78 is 42.9. The van der Waals surface area contributed by atoms with Crippen LogP contribution < -0.4 is 15.1 Å². The van der Waals surface area contributed by atoms with E-state index >= 15 is 8.78 Å². The monoisotopic (exact) mass is 657 g/mol. The van der Waals surface area contributed by atoms with Crippen molar-refractivity contribution < 1.29 is 42.0 Å². The van der Waals surface area contributed by atoms with E-state index in [-0.39, 0.29) is 62.2 Å². The quantitative estimate of drug-likeness (QED) is 0.275. The Balaban J connectivity index is 1.13. The van der Waals surface area contributed by atoms with Crippen molar-refractivity contribution in [2.24, 2.45) is 0 Å². The van der Waals surface area contributed by atoms with Gasteiger partial charge in [0.1, 0.15) is 22.8 Å². The first-order valence-electron chi connectivity index (χ1n) is 14.7. The molecule has 0 saturated carbocycles. The van der Waals surface area contributed by atoms with Crippen LogP contribution in [0.1, 0.15) is 42.3 Å². The largest absolute Gasteiger partial charge is 0.442 e. The summed E-state index contributed by atoms with van der Waals surface area (Å²) >= 11 is 0. The van der Waals surface area contributed by atoms with Gasteiger partial charge in [0.15, 0.2) is 17.4 Å². The Morgan fingerprint density at radius 2 is 1.81 bits per heavy atom. The number of nitro groups is 1. The average Bonchev–Trinajstić information content (AvgIpc) is 3.74. The fourth-order valence-electron chi connectivity index (χ4n) is 5.83. The Hall–Kier alpha value is -5.62. The van der Waals surface area contributed by atoms with E-state index < -0.39 is 70.5 Å². The molecule has 1 N–H and O–H groups in total. The van der Waals surface area contributed by atoms with Gasteiger partial charge in [-0.25, -0.2) is 28.3 Å². The third-order valence-electron chi connectivity index (χ3n) is 8.10. The van der Waals surface area contributed by atoms with Gasteiger partial charge in [0, 0.05) is 37.5 Å². The van der Waals surface area contributed by atoms with Crippen LogP contribution >= 0.6 is 0 Å². The number of carbonyl (C=O) groups is 4. The van der Waals surface area contributed by atoms with Gasteiger partial charge in [0.2, 0.25) is 5.91 Å². The fraction of sp³-hybridized carbons (Fsp3) is 0.429. The molecule has 0 radical (unpaired) electrons. The van der Waals surface area contributed by atoms with Crippen LogP contribution in [-0.2, 0) is 20.9 Å².